The van der Waals surface area contributed by atoms with Crippen LogP contribution in [-0.4, -0.2) is 21.1 Å². The Balaban J connectivity index is 2.00. The van der Waals surface area contributed by atoms with Gasteiger partial charge in [-0.1, -0.05) is 12.6 Å². The van der Waals surface area contributed by atoms with Crippen LogP contribution in [-0.2, 0) is 0 Å². The third-order valence-electron chi connectivity index (χ3n) is 2.53. The van der Waals surface area contributed by atoms with Gasteiger partial charge in [0.15, 0.2) is 0 Å². The molecule has 0 radical (unpaired) electrons. The molecule has 1 heterocycles. The first-order valence-electron chi connectivity index (χ1n) is 5.76. The SMILES string of the molecule is C=C(NNC(=O)c1ccccn1)c1ccc(O)cc1O. The summed E-state index contributed by atoms with van der Waals surface area (Å²) in [5.41, 5.74) is 5.90. The molecule has 6 heteroatoms. The Morgan fingerprint density at radius 2 is 1.95 bits per heavy atom. The fraction of sp³-hybridized carbons (Fsp3) is 0. The van der Waals surface area contributed by atoms with E-state index in [2.05, 4.69) is 22.4 Å². The molecule has 0 fully saturated rings. The molecule has 0 aliphatic rings. The quantitative estimate of drug-likeness (QED) is 0.631. The Morgan fingerprint density at radius 3 is 2.60 bits per heavy atom. The van der Waals surface area contributed by atoms with E-state index in [9.17, 15) is 15.0 Å². The van der Waals surface area contributed by atoms with Crippen LogP contribution in [0.3, 0.4) is 0 Å². The highest BCUT2D eigenvalue weighted by Crippen LogP contribution is 2.26. The summed E-state index contributed by atoms with van der Waals surface area (Å²) < 4.78 is 0. The minimum absolute atomic E-state index is 0.0587. The van der Waals surface area contributed by atoms with E-state index in [4.69, 9.17) is 0 Å². The fourth-order valence-electron chi connectivity index (χ4n) is 1.54. The van der Waals surface area contributed by atoms with Crippen molar-refractivity contribution in [3.05, 3.63) is 60.4 Å². The van der Waals surface area contributed by atoms with Crippen LogP contribution in [0.5, 0.6) is 11.5 Å². The second kappa shape index (κ2) is 5.75. The number of phenols is 2. The van der Waals surface area contributed by atoms with Crippen molar-refractivity contribution in [3.8, 4) is 11.5 Å². The molecule has 0 unspecified atom stereocenters. The molecule has 4 N–H and O–H groups in total. The zero-order valence-corrected chi connectivity index (χ0v) is 10.5. The predicted octanol–water partition coefficient (Wildman–Crippen LogP) is 1.40. The topological polar surface area (TPSA) is 94.5 Å². The first-order chi connectivity index (χ1) is 9.58. The molecule has 0 aliphatic heterocycles. The van der Waals surface area contributed by atoms with Crippen molar-refractivity contribution >= 4 is 11.6 Å². The van der Waals surface area contributed by atoms with E-state index in [1.165, 1.54) is 24.4 Å². The van der Waals surface area contributed by atoms with E-state index in [0.717, 1.165) is 0 Å². The normalized spacial score (nSPS) is 9.80. The number of carbonyl (C=O) groups is 1. The van der Waals surface area contributed by atoms with Crippen molar-refractivity contribution in [1.29, 1.82) is 0 Å². The number of phenolic OH excluding ortho intramolecular Hbond substituents is 2. The molecule has 0 atom stereocenters. The van der Waals surface area contributed by atoms with Gasteiger partial charge in [-0.05, 0) is 24.3 Å². The Bertz CT molecular complexity index is 641. The van der Waals surface area contributed by atoms with Gasteiger partial charge in [-0.2, -0.15) is 0 Å². The zero-order chi connectivity index (χ0) is 14.5. The zero-order valence-electron chi connectivity index (χ0n) is 10.5. The molecular formula is C14H13N3O3. The van der Waals surface area contributed by atoms with E-state index in [-0.39, 0.29) is 22.9 Å². The molecule has 0 spiro atoms. The van der Waals surface area contributed by atoms with Crippen molar-refractivity contribution in [3.63, 3.8) is 0 Å². The average molecular weight is 271 g/mol. The second-order valence-electron chi connectivity index (χ2n) is 3.97. The first kappa shape index (κ1) is 13.4. The number of hydrogen-bond donors (Lipinski definition) is 4. The molecule has 0 bridgehead atoms. The Kier molecular flexibility index (Phi) is 3.85. The van der Waals surface area contributed by atoms with Gasteiger partial charge < -0.3 is 10.2 Å². The number of pyridine rings is 1. The summed E-state index contributed by atoms with van der Waals surface area (Å²) in [7, 11) is 0. The molecule has 1 aromatic carbocycles. The summed E-state index contributed by atoms with van der Waals surface area (Å²) in [4.78, 5) is 15.6. The third-order valence-corrected chi connectivity index (χ3v) is 2.53. The van der Waals surface area contributed by atoms with Crippen LogP contribution in [0.2, 0.25) is 0 Å². The Labute approximate surface area is 115 Å². The lowest BCUT2D eigenvalue weighted by Gasteiger charge is -2.12. The smallest absolute Gasteiger partial charge is 0.288 e. The number of carbonyl (C=O) groups excluding carboxylic acids is 1. The lowest BCUT2D eigenvalue weighted by Crippen LogP contribution is -2.36. The van der Waals surface area contributed by atoms with Crippen LogP contribution in [0.1, 0.15) is 16.1 Å². The molecule has 6 nitrogen and oxygen atoms in total. The van der Waals surface area contributed by atoms with E-state index in [0.29, 0.717) is 5.56 Å². The molecule has 0 saturated heterocycles. The highest BCUT2D eigenvalue weighted by molar-refractivity contribution is 5.92. The number of aromatic nitrogens is 1. The van der Waals surface area contributed by atoms with Gasteiger partial charge in [-0.3, -0.25) is 20.6 Å². The van der Waals surface area contributed by atoms with Gasteiger partial charge in [0.1, 0.15) is 17.2 Å². The third kappa shape index (κ3) is 3.05. The lowest BCUT2D eigenvalue weighted by atomic mass is 10.1. The molecule has 2 rings (SSSR count). The summed E-state index contributed by atoms with van der Waals surface area (Å²) in [6.07, 6.45) is 1.51. The molecule has 20 heavy (non-hydrogen) atoms. The first-order valence-corrected chi connectivity index (χ1v) is 5.76. The standard InChI is InChI=1S/C14H13N3O3/c1-9(11-6-5-10(18)8-13(11)19)16-17-14(20)12-4-2-3-7-15-12/h2-8,16,18-19H,1H2,(H,17,20). The van der Waals surface area contributed by atoms with Gasteiger partial charge in [0.2, 0.25) is 0 Å². The van der Waals surface area contributed by atoms with Crippen LogP contribution >= 0.6 is 0 Å². The number of benzene rings is 1. The van der Waals surface area contributed by atoms with Gasteiger partial charge >= 0.3 is 0 Å². The average Bonchev–Trinajstić information content (AvgIpc) is 2.45. The van der Waals surface area contributed by atoms with Gasteiger partial charge in [-0.25, -0.2) is 0 Å². The van der Waals surface area contributed by atoms with Crippen LogP contribution < -0.4 is 10.9 Å². The highest BCUT2D eigenvalue weighted by Gasteiger charge is 2.09. The maximum absolute atomic E-state index is 11.7. The number of rotatable bonds is 4. The summed E-state index contributed by atoms with van der Waals surface area (Å²) >= 11 is 0. The van der Waals surface area contributed by atoms with Crippen molar-refractivity contribution in [1.82, 2.24) is 15.8 Å². The Hall–Kier alpha value is -3.02. The number of nitrogens with zero attached hydrogens (tertiary/aromatic N) is 1. The van der Waals surface area contributed by atoms with Crippen molar-refractivity contribution < 1.29 is 15.0 Å². The largest absolute Gasteiger partial charge is 0.508 e. The van der Waals surface area contributed by atoms with Gasteiger partial charge in [0, 0.05) is 17.8 Å². The van der Waals surface area contributed by atoms with Crippen LogP contribution in [0.15, 0.2) is 49.2 Å². The second-order valence-corrected chi connectivity index (χ2v) is 3.97. The van der Waals surface area contributed by atoms with E-state index < -0.39 is 5.91 Å². The van der Waals surface area contributed by atoms with Gasteiger partial charge in [-0.15, -0.1) is 0 Å². The summed E-state index contributed by atoms with van der Waals surface area (Å²) in [5, 5.41) is 18.9. The monoisotopic (exact) mass is 271 g/mol. The number of nitrogens with one attached hydrogen (secondary N) is 2. The van der Waals surface area contributed by atoms with E-state index in [1.807, 2.05) is 0 Å². The number of hydrazine groups is 1. The maximum atomic E-state index is 11.7. The molecule has 0 saturated carbocycles. The molecular weight excluding hydrogens is 258 g/mol. The molecule has 2 aromatic rings. The minimum atomic E-state index is -0.426. The predicted molar refractivity (Wildman–Crippen MR) is 73.6 cm³/mol. The van der Waals surface area contributed by atoms with Gasteiger partial charge in [0.05, 0.1) is 5.70 Å². The highest BCUT2D eigenvalue weighted by atomic mass is 16.3. The molecule has 102 valence electrons. The Morgan fingerprint density at radius 1 is 1.15 bits per heavy atom. The van der Waals surface area contributed by atoms with E-state index in [1.54, 1.807) is 18.2 Å². The lowest BCUT2D eigenvalue weighted by molar-refractivity contribution is 0.0937. The minimum Gasteiger partial charge on any atom is -0.508 e. The summed E-state index contributed by atoms with van der Waals surface area (Å²) in [5.74, 6) is -0.629. The van der Waals surface area contributed by atoms with Gasteiger partial charge in [0.25, 0.3) is 5.91 Å². The van der Waals surface area contributed by atoms with Crippen molar-refractivity contribution in [2.75, 3.05) is 0 Å². The summed E-state index contributed by atoms with van der Waals surface area (Å²) in [6, 6.07) is 9.04. The van der Waals surface area contributed by atoms with Crippen molar-refractivity contribution in [2.24, 2.45) is 0 Å². The summed E-state index contributed by atoms with van der Waals surface area (Å²) in [6.45, 7) is 3.69. The van der Waals surface area contributed by atoms with Crippen LogP contribution in [0.4, 0.5) is 0 Å². The van der Waals surface area contributed by atoms with Crippen LogP contribution in [0, 0.1) is 0 Å². The molecule has 1 amide bonds. The van der Waals surface area contributed by atoms with E-state index >= 15 is 0 Å². The van der Waals surface area contributed by atoms with Crippen molar-refractivity contribution in [2.45, 2.75) is 0 Å². The maximum Gasteiger partial charge on any atom is 0.288 e. The fourth-order valence-corrected chi connectivity index (χ4v) is 1.54. The number of aromatic hydroxyl groups is 2. The number of amides is 1. The number of hydrogen-bond acceptors (Lipinski definition) is 5. The molecule has 1 aromatic heterocycles. The molecule has 0 aliphatic carbocycles. The van der Waals surface area contributed by atoms with Crippen LogP contribution in [0.25, 0.3) is 5.70 Å².